The second-order valence-electron chi connectivity index (χ2n) is 2.58. The van der Waals surface area contributed by atoms with E-state index in [0.29, 0.717) is 18.7 Å². The minimum absolute atomic E-state index is 0.297. The SMILES string of the molecule is CC(=O)OCCc1cc[nH]c1C#N. The van der Waals surface area contributed by atoms with Gasteiger partial charge < -0.3 is 9.72 Å². The summed E-state index contributed by atoms with van der Waals surface area (Å²) in [6.45, 7) is 1.68. The fourth-order valence-corrected chi connectivity index (χ4v) is 1.02. The zero-order chi connectivity index (χ0) is 9.68. The smallest absolute Gasteiger partial charge is 0.302 e. The molecule has 0 spiro atoms. The summed E-state index contributed by atoms with van der Waals surface area (Å²) in [7, 11) is 0. The van der Waals surface area contributed by atoms with E-state index in [4.69, 9.17) is 10.00 Å². The van der Waals surface area contributed by atoms with E-state index < -0.39 is 0 Å². The van der Waals surface area contributed by atoms with E-state index in [-0.39, 0.29) is 5.97 Å². The number of nitriles is 1. The van der Waals surface area contributed by atoms with Gasteiger partial charge in [-0.3, -0.25) is 4.79 Å². The minimum atomic E-state index is -0.297. The molecule has 1 aromatic heterocycles. The van der Waals surface area contributed by atoms with Crippen LogP contribution in [0.3, 0.4) is 0 Å². The first-order chi connectivity index (χ1) is 6.24. The van der Waals surface area contributed by atoms with Crippen LogP contribution < -0.4 is 0 Å². The van der Waals surface area contributed by atoms with Crippen molar-refractivity contribution in [3.05, 3.63) is 23.5 Å². The van der Waals surface area contributed by atoms with E-state index in [0.717, 1.165) is 5.56 Å². The van der Waals surface area contributed by atoms with Gasteiger partial charge in [-0.15, -0.1) is 0 Å². The summed E-state index contributed by atoms with van der Waals surface area (Å²) >= 11 is 0. The van der Waals surface area contributed by atoms with E-state index in [2.05, 4.69) is 4.98 Å². The molecule has 0 aliphatic carbocycles. The van der Waals surface area contributed by atoms with Crippen LogP contribution in [0.25, 0.3) is 0 Å². The Bertz CT molecular complexity index is 336. The van der Waals surface area contributed by atoms with Crippen LogP contribution in [0, 0.1) is 11.3 Å². The highest BCUT2D eigenvalue weighted by Crippen LogP contribution is 2.05. The molecule has 1 rings (SSSR count). The molecule has 1 aromatic rings. The number of nitrogens with one attached hydrogen (secondary N) is 1. The number of carbonyl (C=O) groups excluding carboxylic acids is 1. The van der Waals surface area contributed by atoms with Gasteiger partial charge in [0, 0.05) is 19.5 Å². The molecule has 0 aromatic carbocycles. The van der Waals surface area contributed by atoms with Crippen molar-refractivity contribution in [1.82, 2.24) is 4.98 Å². The standard InChI is InChI=1S/C9H10N2O2/c1-7(12)13-5-3-8-2-4-11-9(8)6-10/h2,4,11H,3,5H2,1H3. The average Bonchev–Trinajstić information content (AvgIpc) is 2.51. The molecule has 0 atom stereocenters. The third-order valence-corrected chi connectivity index (χ3v) is 1.62. The molecule has 0 amide bonds. The Labute approximate surface area is 76.1 Å². The Kier molecular flexibility index (Phi) is 3.09. The zero-order valence-corrected chi connectivity index (χ0v) is 7.33. The zero-order valence-electron chi connectivity index (χ0n) is 7.33. The van der Waals surface area contributed by atoms with E-state index in [9.17, 15) is 4.79 Å². The Morgan fingerprint density at radius 1 is 1.77 bits per heavy atom. The number of nitrogens with zero attached hydrogens (tertiary/aromatic N) is 1. The summed E-state index contributed by atoms with van der Waals surface area (Å²) in [6.07, 6.45) is 2.27. The second kappa shape index (κ2) is 4.31. The first kappa shape index (κ1) is 9.33. The lowest BCUT2D eigenvalue weighted by molar-refractivity contribution is -0.140. The molecule has 68 valence electrons. The van der Waals surface area contributed by atoms with Gasteiger partial charge in [0.15, 0.2) is 0 Å². The predicted molar refractivity (Wildman–Crippen MR) is 45.8 cm³/mol. The Morgan fingerprint density at radius 2 is 2.54 bits per heavy atom. The predicted octanol–water partition coefficient (Wildman–Crippen LogP) is 0.992. The van der Waals surface area contributed by atoms with Crippen molar-refractivity contribution in [3.63, 3.8) is 0 Å². The molecule has 0 unspecified atom stereocenters. The van der Waals surface area contributed by atoms with Gasteiger partial charge in [-0.1, -0.05) is 0 Å². The highest BCUT2D eigenvalue weighted by Gasteiger charge is 2.02. The molecule has 0 saturated carbocycles. The lowest BCUT2D eigenvalue weighted by atomic mass is 10.2. The van der Waals surface area contributed by atoms with Gasteiger partial charge in [0.25, 0.3) is 0 Å². The topological polar surface area (TPSA) is 65.9 Å². The van der Waals surface area contributed by atoms with Gasteiger partial charge in [-0.2, -0.15) is 5.26 Å². The molecular formula is C9H10N2O2. The lowest BCUT2D eigenvalue weighted by Crippen LogP contribution is -2.03. The maximum atomic E-state index is 10.4. The van der Waals surface area contributed by atoms with E-state index in [1.807, 2.05) is 12.1 Å². The maximum Gasteiger partial charge on any atom is 0.302 e. The highest BCUT2D eigenvalue weighted by atomic mass is 16.5. The number of ether oxygens (including phenoxy) is 1. The van der Waals surface area contributed by atoms with Crippen molar-refractivity contribution in [3.8, 4) is 6.07 Å². The Morgan fingerprint density at radius 3 is 3.15 bits per heavy atom. The van der Waals surface area contributed by atoms with E-state index in [1.165, 1.54) is 6.92 Å². The van der Waals surface area contributed by atoms with E-state index >= 15 is 0 Å². The molecule has 0 aliphatic heterocycles. The summed E-state index contributed by atoms with van der Waals surface area (Å²) in [5, 5.41) is 8.63. The van der Waals surface area contributed by atoms with Crippen molar-refractivity contribution < 1.29 is 9.53 Å². The third-order valence-electron chi connectivity index (χ3n) is 1.62. The molecule has 13 heavy (non-hydrogen) atoms. The summed E-state index contributed by atoms with van der Waals surface area (Å²) in [5.41, 5.74) is 1.41. The molecule has 0 bridgehead atoms. The number of aromatic nitrogens is 1. The summed E-state index contributed by atoms with van der Waals surface area (Å²) in [5.74, 6) is -0.297. The van der Waals surface area contributed by atoms with Crippen molar-refractivity contribution in [2.45, 2.75) is 13.3 Å². The molecule has 4 heteroatoms. The normalized spacial score (nSPS) is 9.23. The van der Waals surface area contributed by atoms with Crippen molar-refractivity contribution >= 4 is 5.97 Å². The monoisotopic (exact) mass is 178 g/mol. The van der Waals surface area contributed by atoms with Crippen LogP contribution in [-0.2, 0) is 16.0 Å². The summed E-state index contributed by atoms with van der Waals surface area (Å²) in [4.78, 5) is 13.2. The van der Waals surface area contributed by atoms with Gasteiger partial charge in [-0.05, 0) is 11.6 Å². The lowest BCUT2D eigenvalue weighted by Gasteiger charge is -1.99. The number of rotatable bonds is 3. The molecule has 0 radical (unpaired) electrons. The van der Waals surface area contributed by atoms with Crippen LogP contribution in [0.5, 0.6) is 0 Å². The number of aromatic amines is 1. The second-order valence-corrected chi connectivity index (χ2v) is 2.58. The largest absolute Gasteiger partial charge is 0.466 e. The molecular weight excluding hydrogens is 168 g/mol. The van der Waals surface area contributed by atoms with Gasteiger partial charge in [0.05, 0.1) is 6.61 Å². The molecule has 4 nitrogen and oxygen atoms in total. The molecule has 0 saturated heterocycles. The molecule has 0 aliphatic rings. The van der Waals surface area contributed by atoms with Crippen LogP contribution in [0.1, 0.15) is 18.2 Å². The average molecular weight is 178 g/mol. The van der Waals surface area contributed by atoms with Crippen LogP contribution in [0.2, 0.25) is 0 Å². The molecule has 1 heterocycles. The summed E-state index contributed by atoms with van der Waals surface area (Å²) < 4.78 is 4.75. The number of esters is 1. The molecule has 0 fully saturated rings. The fraction of sp³-hybridized carbons (Fsp3) is 0.333. The highest BCUT2D eigenvalue weighted by molar-refractivity contribution is 5.65. The van der Waals surface area contributed by atoms with Gasteiger partial charge in [0.2, 0.25) is 0 Å². The van der Waals surface area contributed by atoms with Crippen LogP contribution >= 0.6 is 0 Å². The van der Waals surface area contributed by atoms with Crippen molar-refractivity contribution in [1.29, 1.82) is 5.26 Å². The number of carbonyl (C=O) groups is 1. The van der Waals surface area contributed by atoms with E-state index in [1.54, 1.807) is 6.20 Å². The van der Waals surface area contributed by atoms with Gasteiger partial charge >= 0.3 is 5.97 Å². The van der Waals surface area contributed by atoms with Crippen LogP contribution in [-0.4, -0.2) is 17.6 Å². The third kappa shape index (κ3) is 2.64. The van der Waals surface area contributed by atoms with Crippen molar-refractivity contribution in [2.24, 2.45) is 0 Å². The van der Waals surface area contributed by atoms with Crippen LogP contribution in [0.15, 0.2) is 12.3 Å². The fourth-order valence-electron chi connectivity index (χ4n) is 1.02. The Hall–Kier alpha value is -1.76. The number of hydrogen-bond donors (Lipinski definition) is 1. The Balaban J connectivity index is 2.46. The number of hydrogen-bond acceptors (Lipinski definition) is 3. The minimum Gasteiger partial charge on any atom is -0.466 e. The first-order valence-electron chi connectivity index (χ1n) is 3.93. The van der Waals surface area contributed by atoms with Gasteiger partial charge in [0.1, 0.15) is 11.8 Å². The molecule has 1 N–H and O–H groups in total. The van der Waals surface area contributed by atoms with Crippen LogP contribution in [0.4, 0.5) is 0 Å². The summed E-state index contributed by atoms with van der Waals surface area (Å²) in [6, 6.07) is 3.83. The van der Waals surface area contributed by atoms with Gasteiger partial charge in [-0.25, -0.2) is 0 Å². The first-order valence-corrected chi connectivity index (χ1v) is 3.93. The quantitative estimate of drug-likeness (QED) is 0.702. The maximum absolute atomic E-state index is 10.4. The number of H-pyrrole nitrogens is 1. The van der Waals surface area contributed by atoms with Crippen molar-refractivity contribution in [2.75, 3.05) is 6.61 Å².